The summed E-state index contributed by atoms with van der Waals surface area (Å²) in [5, 5.41) is 8.49. The average molecular weight is 162 g/mol. The number of carbonyl (C=O) groups is 1. The summed E-state index contributed by atoms with van der Waals surface area (Å²) in [4.78, 5) is 11.5. The van der Waals surface area contributed by atoms with Crippen molar-refractivity contribution in [2.45, 2.75) is 18.6 Å². The number of alkyl halides is 1. The molecule has 1 rings (SSSR count). The van der Waals surface area contributed by atoms with Gasteiger partial charge < -0.3 is 15.7 Å². The van der Waals surface area contributed by atoms with Crippen molar-refractivity contribution in [1.82, 2.24) is 4.90 Å². The minimum absolute atomic E-state index is 0.108. The number of rotatable bonds is 0. The molecule has 3 N–H and O–H groups in total. The van der Waals surface area contributed by atoms with E-state index in [9.17, 15) is 9.18 Å². The minimum Gasteiger partial charge on any atom is -0.465 e. The highest BCUT2D eigenvalue weighted by molar-refractivity contribution is 5.65. The first-order valence-electron chi connectivity index (χ1n) is 3.49. The molecule has 5 heteroatoms. The zero-order valence-corrected chi connectivity index (χ0v) is 6.03. The summed E-state index contributed by atoms with van der Waals surface area (Å²) in [6.45, 7) is 0.362. The lowest BCUT2D eigenvalue weighted by atomic mass is 10.1. The van der Waals surface area contributed by atoms with Gasteiger partial charge in [0.05, 0.1) is 6.04 Å². The largest absolute Gasteiger partial charge is 0.465 e. The molecule has 1 heterocycles. The molecule has 1 saturated heterocycles. The Morgan fingerprint density at radius 3 is 2.82 bits per heavy atom. The summed E-state index contributed by atoms with van der Waals surface area (Å²) in [5.74, 6) is 0. The fourth-order valence-corrected chi connectivity index (χ4v) is 1.13. The molecule has 2 atom stereocenters. The summed E-state index contributed by atoms with van der Waals surface area (Å²) in [5.41, 5.74) is 5.33. The zero-order valence-electron chi connectivity index (χ0n) is 6.03. The molecule has 0 aromatic carbocycles. The van der Waals surface area contributed by atoms with Crippen molar-refractivity contribution in [3.05, 3.63) is 0 Å². The van der Waals surface area contributed by atoms with E-state index in [0.29, 0.717) is 0 Å². The number of nitrogens with zero attached hydrogens (tertiary/aromatic N) is 1. The second-order valence-corrected chi connectivity index (χ2v) is 2.70. The van der Waals surface area contributed by atoms with E-state index >= 15 is 0 Å². The third kappa shape index (κ3) is 1.80. The summed E-state index contributed by atoms with van der Waals surface area (Å²) in [6.07, 6.45) is -1.86. The van der Waals surface area contributed by atoms with Gasteiger partial charge in [-0.25, -0.2) is 9.18 Å². The van der Waals surface area contributed by atoms with E-state index in [-0.39, 0.29) is 19.5 Å². The summed E-state index contributed by atoms with van der Waals surface area (Å²) in [6, 6.07) is -0.653. The Bertz CT molecular complexity index is 165. The first-order valence-corrected chi connectivity index (χ1v) is 3.49. The van der Waals surface area contributed by atoms with E-state index in [0.717, 1.165) is 4.90 Å². The maximum atomic E-state index is 12.7. The van der Waals surface area contributed by atoms with Crippen molar-refractivity contribution in [1.29, 1.82) is 0 Å². The Morgan fingerprint density at radius 2 is 2.36 bits per heavy atom. The number of nitrogens with two attached hydrogens (primary N) is 1. The third-order valence-electron chi connectivity index (χ3n) is 1.84. The topological polar surface area (TPSA) is 66.6 Å². The molecule has 1 aliphatic heterocycles. The minimum atomic E-state index is -1.05. The average Bonchev–Trinajstić information content (AvgIpc) is 1.94. The van der Waals surface area contributed by atoms with Crippen molar-refractivity contribution in [3.8, 4) is 0 Å². The highest BCUT2D eigenvalue weighted by Crippen LogP contribution is 2.12. The first kappa shape index (κ1) is 8.26. The molecule has 1 aliphatic rings. The maximum absolute atomic E-state index is 12.7. The summed E-state index contributed by atoms with van der Waals surface area (Å²) in [7, 11) is 0. The molecule has 0 saturated carbocycles. The van der Waals surface area contributed by atoms with Gasteiger partial charge in [0.25, 0.3) is 0 Å². The van der Waals surface area contributed by atoms with Crippen molar-refractivity contribution in [3.63, 3.8) is 0 Å². The Balaban J connectivity index is 2.46. The number of hydrogen-bond acceptors (Lipinski definition) is 2. The molecule has 1 amide bonds. The lowest BCUT2D eigenvalue weighted by Gasteiger charge is -2.30. The number of halogens is 1. The molecular formula is C6H11FN2O2. The summed E-state index contributed by atoms with van der Waals surface area (Å²) < 4.78 is 12.7. The Morgan fingerprint density at radius 1 is 1.73 bits per heavy atom. The van der Waals surface area contributed by atoms with Gasteiger partial charge in [-0.1, -0.05) is 0 Å². The molecule has 0 radical (unpaired) electrons. The molecule has 0 bridgehead atoms. The zero-order chi connectivity index (χ0) is 8.43. The van der Waals surface area contributed by atoms with Gasteiger partial charge in [0, 0.05) is 13.1 Å². The van der Waals surface area contributed by atoms with Gasteiger partial charge >= 0.3 is 6.09 Å². The van der Waals surface area contributed by atoms with Gasteiger partial charge in [0.15, 0.2) is 0 Å². The van der Waals surface area contributed by atoms with Crippen LogP contribution in [0.15, 0.2) is 0 Å². The summed E-state index contributed by atoms with van der Waals surface area (Å²) >= 11 is 0. The molecule has 0 unspecified atom stereocenters. The third-order valence-corrected chi connectivity index (χ3v) is 1.84. The Hall–Kier alpha value is -0.840. The van der Waals surface area contributed by atoms with E-state index in [4.69, 9.17) is 10.8 Å². The SMILES string of the molecule is N[C@H]1CN(C(=O)O)CC[C@H]1F. The lowest BCUT2D eigenvalue weighted by Crippen LogP contribution is -2.51. The van der Waals surface area contributed by atoms with Crippen LogP contribution in [-0.4, -0.2) is 41.4 Å². The van der Waals surface area contributed by atoms with Crippen LogP contribution in [0.3, 0.4) is 0 Å². The number of carboxylic acid groups (broad SMARTS) is 1. The van der Waals surface area contributed by atoms with Crippen molar-refractivity contribution in [2.75, 3.05) is 13.1 Å². The van der Waals surface area contributed by atoms with Crippen LogP contribution in [0.5, 0.6) is 0 Å². The van der Waals surface area contributed by atoms with Crippen LogP contribution in [0.1, 0.15) is 6.42 Å². The highest BCUT2D eigenvalue weighted by Gasteiger charge is 2.28. The predicted octanol–water partition coefficient (Wildman–Crippen LogP) is 0.0355. The Labute approximate surface area is 63.8 Å². The van der Waals surface area contributed by atoms with Gasteiger partial charge in [0.2, 0.25) is 0 Å². The number of piperidine rings is 1. The van der Waals surface area contributed by atoms with E-state index < -0.39 is 18.3 Å². The smallest absolute Gasteiger partial charge is 0.407 e. The fraction of sp³-hybridized carbons (Fsp3) is 0.833. The number of amides is 1. The maximum Gasteiger partial charge on any atom is 0.407 e. The molecule has 0 spiro atoms. The molecule has 1 fully saturated rings. The van der Waals surface area contributed by atoms with Gasteiger partial charge in [-0.05, 0) is 6.42 Å². The molecule has 0 aromatic rings. The lowest BCUT2D eigenvalue weighted by molar-refractivity contribution is 0.103. The monoisotopic (exact) mass is 162 g/mol. The highest BCUT2D eigenvalue weighted by atomic mass is 19.1. The standard InChI is InChI=1S/C6H11FN2O2/c7-4-1-2-9(6(10)11)3-5(4)8/h4-5H,1-3,8H2,(H,10,11)/t4-,5+/m1/s1. The van der Waals surface area contributed by atoms with Crippen LogP contribution in [0.2, 0.25) is 0 Å². The number of likely N-dealkylation sites (tertiary alicyclic amines) is 1. The van der Waals surface area contributed by atoms with Gasteiger partial charge in [-0.15, -0.1) is 0 Å². The molecular weight excluding hydrogens is 151 g/mol. The predicted molar refractivity (Wildman–Crippen MR) is 37.1 cm³/mol. The molecule has 0 aliphatic carbocycles. The van der Waals surface area contributed by atoms with E-state index in [1.807, 2.05) is 0 Å². The van der Waals surface area contributed by atoms with E-state index in [1.165, 1.54) is 0 Å². The first-order chi connectivity index (χ1) is 5.11. The molecule has 4 nitrogen and oxygen atoms in total. The fourth-order valence-electron chi connectivity index (χ4n) is 1.13. The van der Waals surface area contributed by atoms with E-state index in [1.54, 1.807) is 0 Å². The van der Waals surface area contributed by atoms with Crippen LogP contribution in [0, 0.1) is 0 Å². The second-order valence-electron chi connectivity index (χ2n) is 2.70. The second kappa shape index (κ2) is 3.04. The Kier molecular flexibility index (Phi) is 2.28. The molecule has 64 valence electrons. The number of hydrogen-bond donors (Lipinski definition) is 2. The van der Waals surface area contributed by atoms with Crippen molar-refractivity contribution < 1.29 is 14.3 Å². The quantitative estimate of drug-likeness (QED) is 0.528. The van der Waals surface area contributed by atoms with E-state index in [2.05, 4.69) is 0 Å². The van der Waals surface area contributed by atoms with Crippen molar-refractivity contribution >= 4 is 6.09 Å². The van der Waals surface area contributed by atoms with Crippen LogP contribution in [0.4, 0.5) is 9.18 Å². The van der Waals surface area contributed by atoms with Gasteiger partial charge in [-0.3, -0.25) is 0 Å². The normalized spacial score (nSPS) is 32.0. The van der Waals surface area contributed by atoms with Crippen LogP contribution >= 0.6 is 0 Å². The van der Waals surface area contributed by atoms with Gasteiger partial charge in [0.1, 0.15) is 6.17 Å². The molecule has 0 aromatic heterocycles. The van der Waals surface area contributed by atoms with Crippen LogP contribution < -0.4 is 5.73 Å². The van der Waals surface area contributed by atoms with Gasteiger partial charge in [-0.2, -0.15) is 0 Å². The molecule has 11 heavy (non-hydrogen) atoms. The van der Waals surface area contributed by atoms with Crippen LogP contribution in [-0.2, 0) is 0 Å². The van der Waals surface area contributed by atoms with Crippen molar-refractivity contribution in [2.24, 2.45) is 5.73 Å². The van der Waals surface area contributed by atoms with Crippen LogP contribution in [0.25, 0.3) is 0 Å².